The van der Waals surface area contributed by atoms with Gasteiger partial charge in [0.2, 0.25) is 12.0 Å². The van der Waals surface area contributed by atoms with Gasteiger partial charge in [-0.05, 0) is 33.3 Å². The van der Waals surface area contributed by atoms with Gasteiger partial charge in [-0.25, -0.2) is 8.78 Å². The third-order valence-corrected chi connectivity index (χ3v) is 3.90. The number of pyridine rings is 1. The van der Waals surface area contributed by atoms with Crippen molar-refractivity contribution in [1.82, 2.24) is 4.98 Å². The molecule has 0 unspecified atom stereocenters. The van der Waals surface area contributed by atoms with E-state index in [1.54, 1.807) is 0 Å². The minimum Gasteiger partial charge on any atom is -0.398 e. The molecule has 20 heavy (non-hydrogen) atoms. The third kappa shape index (κ3) is 2.78. The Morgan fingerprint density at radius 3 is 2.25 bits per heavy atom. The molecule has 0 radical (unpaired) electrons. The number of hydrogen-bond donors (Lipinski definition) is 1. The van der Waals surface area contributed by atoms with E-state index in [0.29, 0.717) is 5.56 Å². The first-order valence-corrected chi connectivity index (χ1v) is 6.48. The molecule has 1 aliphatic rings. The fraction of sp³-hybridized carbons (Fsp3) is 0.615. The van der Waals surface area contributed by atoms with Gasteiger partial charge in [0.05, 0.1) is 16.8 Å². The summed E-state index contributed by atoms with van der Waals surface area (Å²) in [6.45, 7) is 7.45. The van der Waals surface area contributed by atoms with E-state index >= 15 is 0 Å². The summed E-state index contributed by atoms with van der Waals surface area (Å²) in [6.07, 6.45) is -2.95. The number of nitrogens with one attached hydrogen (secondary N) is 1. The Hall–Kier alpha value is -1.21. The van der Waals surface area contributed by atoms with Crippen LogP contribution in [0, 0.1) is 0 Å². The molecular weight excluding hydrogens is 267 g/mol. The molecule has 2 heterocycles. The number of hydrogen-bond acceptors (Lipinski definition) is 3. The normalized spacial score (nSPS) is 20.6. The molecule has 1 fully saturated rings. The zero-order valence-electron chi connectivity index (χ0n) is 12.0. The average molecular weight is 285 g/mol. The molecule has 0 aliphatic carbocycles. The van der Waals surface area contributed by atoms with Crippen LogP contribution in [0.15, 0.2) is 16.9 Å². The molecule has 0 bridgehead atoms. The molecule has 1 aromatic heterocycles. The average Bonchev–Trinajstić information content (AvgIpc) is 2.50. The second-order valence-electron chi connectivity index (χ2n) is 5.94. The summed E-state index contributed by atoms with van der Waals surface area (Å²) >= 11 is 0. The highest BCUT2D eigenvalue weighted by Gasteiger charge is 2.52. The lowest BCUT2D eigenvalue weighted by molar-refractivity contribution is 0.00578. The minimum absolute atomic E-state index is 0.274. The van der Waals surface area contributed by atoms with E-state index in [1.807, 2.05) is 27.7 Å². The molecule has 7 heteroatoms. The zero-order valence-corrected chi connectivity index (χ0v) is 12.0. The smallest absolute Gasteiger partial charge is 0.398 e. The first-order valence-electron chi connectivity index (χ1n) is 6.48. The third-order valence-electron chi connectivity index (χ3n) is 3.90. The van der Waals surface area contributed by atoms with E-state index in [0.717, 1.165) is 0 Å². The summed E-state index contributed by atoms with van der Waals surface area (Å²) in [5.74, 6) is 0. The Balaban J connectivity index is 2.38. The predicted molar refractivity (Wildman–Crippen MR) is 72.5 cm³/mol. The number of halogens is 2. The van der Waals surface area contributed by atoms with Gasteiger partial charge in [0.25, 0.3) is 0 Å². The summed E-state index contributed by atoms with van der Waals surface area (Å²) < 4.78 is 36.8. The van der Waals surface area contributed by atoms with Crippen LogP contribution in [-0.4, -0.2) is 29.7 Å². The maximum atomic E-state index is 12.6. The van der Waals surface area contributed by atoms with Crippen molar-refractivity contribution in [2.24, 2.45) is 0 Å². The van der Waals surface area contributed by atoms with Crippen LogP contribution in [0.4, 0.5) is 8.78 Å². The molecule has 2 rings (SSSR count). The number of alkyl halides is 2. The largest absolute Gasteiger partial charge is 0.512 e. The Morgan fingerprint density at radius 2 is 1.75 bits per heavy atom. The van der Waals surface area contributed by atoms with Gasteiger partial charge in [0.15, 0.2) is 0 Å². The molecule has 110 valence electrons. The Kier molecular flexibility index (Phi) is 3.77. The summed E-state index contributed by atoms with van der Waals surface area (Å²) in [7, 11) is -0.845. The van der Waals surface area contributed by atoms with Gasteiger partial charge in [-0.15, -0.1) is 0 Å². The van der Waals surface area contributed by atoms with Crippen molar-refractivity contribution in [2.75, 3.05) is 0 Å². The summed E-state index contributed by atoms with van der Waals surface area (Å²) in [6, 6.07) is 2.62. The van der Waals surface area contributed by atoms with Gasteiger partial charge in [0.1, 0.15) is 0 Å². The van der Waals surface area contributed by atoms with Crippen LogP contribution in [0.1, 0.15) is 33.3 Å². The molecule has 0 aromatic carbocycles. The fourth-order valence-electron chi connectivity index (χ4n) is 2.04. The van der Waals surface area contributed by atoms with Crippen LogP contribution in [0.3, 0.4) is 0 Å². The molecular formula is C13H18BF2NO3. The standard InChI is InChI=1S/C13H18BF2NO3/c1-12(2)13(3,4)20-14(19-12)11-8(7-9(15)16)5-6-10(18)17-11/h5-6,9H,7H2,1-4H3,(H,17,18). The highest BCUT2D eigenvalue weighted by Crippen LogP contribution is 2.36. The number of H-pyrrole nitrogens is 1. The SMILES string of the molecule is CC1(C)OB(c2[nH]c(=O)ccc2CC(F)F)OC1(C)C. The van der Waals surface area contributed by atoms with Crippen LogP contribution in [0.5, 0.6) is 0 Å². The first kappa shape index (κ1) is 15.2. The van der Waals surface area contributed by atoms with Gasteiger partial charge >= 0.3 is 7.12 Å². The van der Waals surface area contributed by atoms with Crippen molar-refractivity contribution in [3.8, 4) is 0 Å². The zero-order chi connectivity index (χ0) is 15.1. The number of aromatic nitrogens is 1. The fourth-order valence-corrected chi connectivity index (χ4v) is 2.04. The van der Waals surface area contributed by atoms with E-state index < -0.39 is 31.2 Å². The lowest BCUT2D eigenvalue weighted by Gasteiger charge is -2.32. The van der Waals surface area contributed by atoms with Gasteiger partial charge in [-0.1, -0.05) is 6.07 Å². The lowest BCUT2D eigenvalue weighted by atomic mass is 9.80. The van der Waals surface area contributed by atoms with Gasteiger partial charge in [-0.3, -0.25) is 4.79 Å². The van der Waals surface area contributed by atoms with Crippen LogP contribution in [0.25, 0.3) is 0 Å². The van der Waals surface area contributed by atoms with Crippen LogP contribution in [0.2, 0.25) is 0 Å². The van der Waals surface area contributed by atoms with Crippen molar-refractivity contribution < 1.29 is 18.1 Å². The van der Waals surface area contributed by atoms with E-state index in [2.05, 4.69) is 4.98 Å². The second-order valence-corrected chi connectivity index (χ2v) is 5.94. The molecule has 4 nitrogen and oxygen atoms in total. The second kappa shape index (κ2) is 4.97. The Morgan fingerprint density at radius 1 is 1.20 bits per heavy atom. The highest BCUT2D eigenvalue weighted by atomic mass is 19.3. The van der Waals surface area contributed by atoms with Gasteiger partial charge in [0, 0.05) is 12.5 Å². The van der Waals surface area contributed by atoms with E-state index in [-0.39, 0.29) is 11.2 Å². The Labute approximate surface area is 116 Å². The molecule has 0 atom stereocenters. The minimum atomic E-state index is -2.50. The van der Waals surface area contributed by atoms with Crippen molar-refractivity contribution in [2.45, 2.75) is 51.7 Å². The molecule has 1 aliphatic heterocycles. The van der Waals surface area contributed by atoms with Crippen LogP contribution >= 0.6 is 0 Å². The van der Waals surface area contributed by atoms with Crippen LogP contribution < -0.4 is 11.2 Å². The van der Waals surface area contributed by atoms with Crippen molar-refractivity contribution in [3.63, 3.8) is 0 Å². The van der Waals surface area contributed by atoms with Crippen molar-refractivity contribution in [1.29, 1.82) is 0 Å². The monoisotopic (exact) mass is 285 g/mol. The highest BCUT2D eigenvalue weighted by molar-refractivity contribution is 6.61. The summed E-state index contributed by atoms with van der Waals surface area (Å²) in [5, 5.41) is 0. The summed E-state index contributed by atoms with van der Waals surface area (Å²) in [4.78, 5) is 14.0. The lowest BCUT2D eigenvalue weighted by Crippen LogP contribution is -2.42. The first-order chi connectivity index (χ1) is 9.12. The quantitative estimate of drug-likeness (QED) is 0.856. The van der Waals surface area contributed by atoms with Gasteiger partial charge < -0.3 is 14.3 Å². The maximum absolute atomic E-state index is 12.6. The molecule has 0 amide bonds. The molecule has 0 spiro atoms. The van der Waals surface area contributed by atoms with E-state index in [4.69, 9.17) is 9.31 Å². The van der Waals surface area contributed by atoms with E-state index in [1.165, 1.54) is 12.1 Å². The van der Waals surface area contributed by atoms with Crippen molar-refractivity contribution in [3.05, 3.63) is 28.0 Å². The molecule has 1 N–H and O–H groups in total. The number of rotatable bonds is 3. The Bertz CT molecular complexity index is 541. The summed E-state index contributed by atoms with van der Waals surface area (Å²) in [5.41, 5.74) is -0.943. The number of aromatic amines is 1. The van der Waals surface area contributed by atoms with E-state index in [9.17, 15) is 13.6 Å². The molecule has 0 saturated carbocycles. The topological polar surface area (TPSA) is 51.3 Å². The van der Waals surface area contributed by atoms with Gasteiger partial charge in [-0.2, -0.15) is 0 Å². The molecule has 1 aromatic rings. The van der Waals surface area contributed by atoms with Crippen molar-refractivity contribution >= 4 is 12.7 Å². The molecule has 1 saturated heterocycles. The maximum Gasteiger partial charge on any atom is 0.512 e. The van der Waals surface area contributed by atoms with Crippen LogP contribution in [-0.2, 0) is 15.7 Å². The predicted octanol–water partition coefficient (Wildman–Crippen LogP) is 1.48.